The van der Waals surface area contributed by atoms with Crippen molar-refractivity contribution in [3.05, 3.63) is 0 Å². The van der Waals surface area contributed by atoms with E-state index in [-0.39, 0.29) is 5.54 Å². The minimum Gasteiger partial charge on any atom is -0.327 e. The monoisotopic (exact) mass is 196 g/mol. The van der Waals surface area contributed by atoms with Gasteiger partial charge in [-0.15, -0.1) is 0 Å². The van der Waals surface area contributed by atoms with Gasteiger partial charge in [0.05, 0.1) is 7.11 Å². The number of piperidine rings is 2. The van der Waals surface area contributed by atoms with Crippen LogP contribution in [-0.4, -0.2) is 29.8 Å². The Morgan fingerprint density at radius 2 is 1.86 bits per heavy atom. The molecular weight excluding hydrogens is 176 g/mol. The van der Waals surface area contributed by atoms with Crippen LogP contribution in [0.2, 0.25) is 0 Å². The van der Waals surface area contributed by atoms with Gasteiger partial charge in [0, 0.05) is 17.6 Å². The van der Waals surface area contributed by atoms with Crippen LogP contribution in [0.25, 0.3) is 0 Å². The van der Waals surface area contributed by atoms with Gasteiger partial charge < -0.3 is 10.6 Å². The van der Waals surface area contributed by atoms with Crippen molar-refractivity contribution in [1.29, 1.82) is 0 Å². The van der Waals surface area contributed by atoms with Crippen molar-refractivity contribution in [3.8, 4) is 0 Å². The quantitative estimate of drug-likeness (QED) is 0.683. The molecule has 0 aromatic carbocycles. The molecule has 2 aliphatic heterocycles. The number of nitrogens with zero attached hydrogens (tertiary/aromatic N) is 1. The second-order valence-corrected chi connectivity index (χ2v) is 5.64. The lowest BCUT2D eigenvalue weighted by Gasteiger charge is -2.62. The Labute approximate surface area is 85.5 Å². The van der Waals surface area contributed by atoms with Gasteiger partial charge >= 0.3 is 0 Å². The van der Waals surface area contributed by atoms with Gasteiger partial charge in [0.1, 0.15) is 0 Å². The molecule has 4 rings (SSSR count). The van der Waals surface area contributed by atoms with Crippen LogP contribution in [0.5, 0.6) is 0 Å². The lowest BCUT2D eigenvalue weighted by molar-refractivity contribution is -0.290. The molecule has 3 heteroatoms. The van der Waals surface area contributed by atoms with Gasteiger partial charge in [0.25, 0.3) is 0 Å². The third-order valence-corrected chi connectivity index (χ3v) is 4.70. The van der Waals surface area contributed by atoms with Crippen molar-refractivity contribution in [1.82, 2.24) is 5.06 Å². The van der Waals surface area contributed by atoms with Gasteiger partial charge in [-0.2, -0.15) is 5.06 Å². The molecule has 4 bridgehead atoms. The number of hydrogen-bond acceptors (Lipinski definition) is 3. The highest BCUT2D eigenvalue weighted by Gasteiger charge is 2.57. The van der Waals surface area contributed by atoms with Crippen molar-refractivity contribution >= 4 is 0 Å². The molecule has 0 aromatic heterocycles. The fourth-order valence-corrected chi connectivity index (χ4v) is 4.33. The molecule has 80 valence electrons. The summed E-state index contributed by atoms with van der Waals surface area (Å²) in [6.45, 7) is 2.34. The van der Waals surface area contributed by atoms with E-state index < -0.39 is 0 Å². The van der Waals surface area contributed by atoms with Crippen molar-refractivity contribution in [2.24, 2.45) is 17.6 Å². The van der Waals surface area contributed by atoms with Crippen molar-refractivity contribution in [2.45, 2.75) is 50.2 Å². The maximum absolute atomic E-state index is 6.25. The summed E-state index contributed by atoms with van der Waals surface area (Å²) >= 11 is 0. The maximum atomic E-state index is 6.25. The fourth-order valence-electron chi connectivity index (χ4n) is 4.33. The molecule has 3 nitrogen and oxygen atoms in total. The summed E-state index contributed by atoms with van der Waals surface area (Å²) in [7, 11) is 1.81. The topological polar surface area (TPSA) is 38.5 Å². The molecule has 0 aromatic rings. The van der Waals surface area contributed by atoms with Gasteiger partial charge in [0.2, 0.25) is 0 Å². The van der Waals surface area contributed by atoms with E-state index in [1.54, 1.807) is 0 Å². The van der Waals surface area contributed by atoms with E-state index in [0.29, 0.717) is 12.1 Å². The molecule has 2 heterocycles. The number of nitrogens with two attached hydrogens (primary N) is 1. The number of rotatable bonds is 1. The molecule has 2 aliphatic carbocycles. The van der Waals surface area contributed by atoms with E-state index in [4.69, 9.17) is 10.6 Å². The summed E-state index contributed by atoms with van der Waals surface area (Å²) in [5, 5.41) is 2.26. The molecule has 0 spiro atoms. The highest BCUT2D eigenvalue weighted by atomic mass is 16.7. The molecule has 2 unspecified atom stereocenters. The highest BCUT2D eigenvalue weighted by molar-refractivity contribution is 5.09. The smallest absolute Gasteiger partial charge is 0.0575 e. The SMILES string of the molecule is CON1C2CC3CC1(C)CC(C2)C3N. The van der Waals surface area contributed by atoms with E-state index in [0.717, 1.165) is 11.8 Å². The molecule has 2 saturated heterocycles. The Bertz CT molecular complexity index is 240. The van der Waals surface area contributed by atoms with Gasteiger partial charge in [-0.3, -0.25) is 0 Å². The van der Waals surface area contributed by atoms with Gasteiger partial charge in [-0.1, -0.05) is 0 Å². The normalized spacial score (nSPS) is 56.8. The zero-order valence-corrected chi connectivity index (χ0v) is 9.07. The largest absolute Gasteiger partial charge is 0.327 e. The first-order valence-corrected chi connectivity index (χ1v) is 5.73. The van der Waals surface area contributed by atoms with E-state index in [2.05, 4.69) is 12.0 Å². The van der Waals surface area contributed by atoms with Gasteiger partial charge in [-0.05, 0) is 44.4 Å². The first kappa shape index (κ1) is 9.13. The van der Waals surface area contributed by atoms with Gasteiger partial charge in [0.15, 0.2) is 0 Å². The van der Waals surface area contributed by atoms with Crippen LogP contribution in [-0.2, 0) is 4.84 Å². The van der Waals surface area contributed by atoms with Crippen molar-refractivity contribution < 1.29 is 4.84 Å². The molecule has 4 fully saturated rings. The average molecular weight is 196 g/mol. The standard InChI is InChI=1S/C11H20N2O/c1-11-5-7-3-9(13(11)14-2)4-8(6-11)10(7)12/h7-10H,3-6,12H2,1-2H3. The predicted molar refractivity (Wildman–Crippen MR) is 54.5 cm³/mol. The third kappa shape index (κ3) is 0.980. The minimum atomic E-state index is 0.279. The zero-order chi connectivity index (χ0) is 9.92. The molecule has 2 saturated carbocycles. The first-order valence-electron chi connectivity index (χ1n) is 5.73. The lowest BCUT2D eigenvalue weighted by atomic mass is 9.57. The summed E-state index contributed by atoms with van der Waals surface area (Å²) in [4.78, 5) is 5.56. The Kier molecular flexibility index (Phi) is 1.77. The molecule has 0 amide bonds. The third-order valence-electron chi connectivity index (χ3n) is 4.70. The zero-order valence-electron chi connectivity index (χ0n) is 9.07. The van der Waals surface area contributed by atoms with E-state index in [1.165, 1.54) is 25.7 Å². The molecule has 0 radical (unpaired) electrons. The van der Waals surface area contributed by atoms with Crippen LogP contribution in [0, 0.1) is 11.8 Å². The Morgan fingerprint density at radius 1 is 1.29 bits per heavy atom. The maximum Gasteiger partial charge on any atom is 0.0575 e. The van der Waals surface area contributed by atoms with Crippen molar-refractivity contribution in [2.75, 3.05) is 7.11 Å². The molecule has 14 heavy (non-hydrogen) atoms. The van der Waals surface area contributed by atoms with Crippen LogP contribution in [0.1, 0.15) is 32.6 Å². The predicted octanol–water partition coefficient (Wildman–Crippen LogP) is 1.14. The minimum absolute atomic E-state index is 0.279. The summed E-state index contributed by atoms with van der Waals surface area (Å²) in [5.41, 5.74) is 6.53. The fraction of sp³-hybridized carbons (Fsp3) is 1.00. The summed E-state index contributed by atoms with van der Waals surface area (Å²) in [5.74, 6) is 1.51. The lowest BCUT2D eigenvalue weighted by Crippen LogP contribution is -2.69. The Hall–Kier alpha value is -0.120. The van der Waals surface area contributed by atoms with E-state index in [1.807, 2.05) is 7.11 Å². The van der Waals surface area contributed by atoms with Crippen molar-refractivity contribution in [3.63, 3.8) is 0 Å². The van der Waals surface area contributed by atoms with Crippen LogP contribution in [0.3, 0.4) is 0 Å². The first-order chi connectivity index (χ1) is 6.64. The van der Waals surface area contributed by atoms with Crippen LogP contribution in [0.4, 0.5) is 0 Å². The van der Waals surface area contributed by atoms with Crippen LogP contribution in [0.15, 0.2) is 0 Å². The summed E-state index contributed by atoms with van der Waals surface area (Å²) in [6, 6.07) is 1.11. The number of hydroxylamine groups is 2. The second kappa shape index (κ2) is 2.71. The van der Waals surface area contributed by atoms with Gasteiger partial charge in [-0.25, -0.2) is 0 Å². The molecule has 4 aliphatic rings. The summed E-state index contributed by atoms with van der Waals surface area (Å²) in [6.07, 6.45) is 4.96. The Morgan fingerprint density at radius 3 is 2.29 bits per heavy atom. The molecule has 2 atom stereocenters. The average Bonchev–Trinajstić information content (AvgIpc) is 2.11. The van der Waals surface area contributed by atoms with Crippen LogP contribution < -0.4 is 5.73 Å². The number of hydrogen-bond donors (Lipinski definition) is 1. The second-order valence-electron chi connectivity index (χ2n) is 5.64. The molecule has 2 N–H and O–H groups in total. The van der Waals surface area contributed by atoms with Crippen LogP contribution >= 0.6 is 0 Å². The van der Waals surface area contributed by atoms with E-state index >= 15 is 0 Å². The summed E-state index contributed by atoms with van der Waals surface area (Å²) < 4.78 is 0. The highest BCUT2D eigenvalue weighted by Crippen LogP contribution is 2.53. The van der Waals surface area contributed by atoms with E-state index in [9.17, 15) is 0 Å². The molecular formula is C11H20N2O. The Balaban J connectivity index is 1.94.